The minimum Gasteiger partial charge on any atom is -0.488 e. The lowest BCUT2D eigenvalue weighted by molar-refractivity contribution is -0.136. The molecule has 1 N–H and O–H groups in total. The number of fused-ring (bicyclic) bond motifs is 1. The number of hydrogen-bond donors (Lipinski definition) is 1. The van der Waals surface area contributed by atoms with E-state index in [0.717, 1.165) is 16.2 Å². The molecular weight excluding hydrogens is 388 g/mol. The van der Waals surface area contributed by atoms with Crippen LogP contribution in [0.15, 0.2) is 30.3 Å². The molecular formula is C22H24N2O4S. The third kappa shape index (κ3) is 3.92. The zero-order chi connectivity index (χ0) is 20.8. The van der Waals surface area contributed by atoms with Gasteiger partial charge in [0, 0.05) is 17.8 Å². The van der Waals surface area contributed by atoms with E-state index in [9.17, 15) is 14.4 Å². The highest BCUT2D eigenvalue weighted by Crippen LogP contribution is 2.34. The fraction of sp³-hybridized carbons (Fsp3) is 0.409. The van der Waals surface area contributed by atoms with E-state index in [1.54, 1.807) is 4.90 Å². The van der Waals surface area contributed by atoms with Crippen molar-refractivity contribution < 1.29 is 19.1 Å². The Morgan fingerprint density at radius 2 is 1.90 bits per heavy atom. The molecule has 0 bridgehead atoms. The topological polar surface area (TPSA) is 75.7 Å². The predicted octanol–water partition coefficient (Wildman–Crippen LogP) is 3.39. The van der Waals surface area contributed by atoms with E-state index in [4.69, 9.17) is 4.74 Å². The number of carbonyl (C=O) groups excluding carboxylic acids is 3. The first-order chi connectivity index (χ1) is 13.7. The Kier molecular flexibility index (Phi) is 4.94. The number of piperidine rings is 1. The van der Waals surface area contributed by atoms with Crippen LogP contribution in [-0.4, -0.2) is 28.7 Å². The summed E-state index contributed by atoms with van der Waals surface area (Å²) in [5.41, 5.74) is 2.27. The number of ether oxygens (including phenoxy) is 1. The first-order valence-corrected chi connectivity index (χ1v) is 10.5. The summed E-state index contributed by atoms with van der Waals surface area (Å²) in [4.78, 5) is 39.4. The van der Waals surface area contributed by atoms with E-state index < -0.39 is 6.04 Å². The summed E-state index contributed by atoms with van der Waals surface area (Å²) in [5, 5.41) is 2.32. The lowest BCUT2D eigenvalue weighted by Gasteiger charge is -2.29. The summed E-state index contributed by atoms with van der Waals surface area (Å²) in [7, 11) is 0. The van der Waals surface area contributed by atoms with Gasteiger partial charge in [0.15, 0.2) is 0 Å². The third-order valence-electron chi connectivity index (χ3n) is 5.34. The minimum atomic E-state index is -0.569. The van der Waals surface area contributed by atoms with Crippen molar-refractivity contribution in [3.05, 3.63) is 51.2 Å². The van der Waals surface area contributed by atoms with Gasteiger partial charge in [-0.2, -0.15) is 0 Å². The maximum absolute atomic E-state index is 12.8. The molecule has 1 fully saturated rings. The van der Waals surface area contributed by atoms with Crippen molar-refractivity contribution in [2.45, 2.75) is 58.2 Å². The normalized spacial score (nSPS) is 19.3. The van der Waals surface area contributed by atoms with Crippen molar-refractivity contribution in [3.63, 3.8) is 0 Å². The number of amides is 3. The average Bonchev–Trinajstić information content (AvgIpc) is 3.19. The minimum absolute atomic E-state index is 0.0991. The third-order valence-corrected chi connectivity index (χ3v) is 6.48. The molecule has 0 unspecified atom stereocenters. The smallest absolute Gasteiger partial charge is 0.265 e. The first-order valence-electron chi connectivity index (χ1n) is 9.72. The maximum Gasteiger partial charge on any atom is 0.265 e. The van der Waals surface area contributed by atoms with E-state index in [-0.39, 0.29) is 29.6 Å². The molecule has 152 valence electrons. The standard InChI is InChI=1S/C22H24N2O4S/c1-22(2,3)14-4-6-15(7-5-14)28-12-16-10-13-11-24(21(27)19(13)29-16)17-8-9-18(25)23-20(17)26/h4-7,10,17H,8-9,11-12H2,1-3H3,(H,23,25,26)/t17-/m0/s1. The number of nitrogens with zero attached hydrogens (tertiary/aromatic N) is 1. The fourth-order valence-corrected chi connectivity index (χ4v) is 4.72. The van der Waals surface area contributed by atoms with Gasteiger partial charge < -0.3 is 9.64 Å². The second-order valence-corrected chi connectivity index (χ2v) is 9.67. The summed E-state index contributed by atoms with van der Waals surface area (Å²) >= 11 is 1.41. The number of rotatable bonds is 4. The van der Waals surface area contributed by atoms with Crippen LogP contribution in [0.2, 0.25) is 0 Å². The first kappa shape index (κ1) is 19.6. The zero-order valence-electron chi connectivity index (χ0n) is 16.8. The molecule has 0 spiro atoms. The van der Waals surface area contributed by atoms with Gasteiger partial charge in [-0.1, -0.05) is 32.9 Å². The van der Waals surface area contributed by atoms with Crippen LogP contribution < -0.4 is 10.1 Å². The van der Waals surface area contributed by atoms with Gasteiger partial charge in [0.25, 0.3) is 5.91 Å². The molecule has 3 heterocycles. The average molecular weight is 413 g/mol. The van der Waals surface area contributed by atoms with Gasteiger partial charge in [-0.05, 0) is 41.2 Å². The SMILES string of the molecule is CC(C)(C)c1ccc(OCc2cc3c(s2)C(=O)N([C@H]2CCC(=O)NC2=O)C3)cc1. The van der Waals surface area contributed by atoms with Crippen molar-refractivity contribution in [1.82, 2.24) is 10.2 Å². The Morgan fingerprint density at radius 3 is 2.52 bits per heavy atom. The summed E-state index contributed by atoms with van der Waals surface area (Å²) in [5.74, 6) is -0.00187. The van der Waals surface area contributed by atoms with Gasteiger partial charge in [0.2, 0.25) is 11.8 Å². The number of hydrogen-bond acceptors (Lipinski definition) is 5. The molecule has 1 aromatic carbocycles. The quantitative estimate of drug-likeness (QED) is 0.781. The number of carbonyl (C=O) groups is 3. The number of imide groups is 1. The van der Waals surface area contributed by atoms with Gasteiger partial charge in [-0.25, -0.2) is 0 Å². The molecule has 7 heteroatoms. The summed E-state index contributed by atoms with van der Waals surface area (Å²) in [6.07, 6.45) is 0.646. The van der Waals surface area contributed by atoms with E-state index in [1.807, 2.05) is 18.2 Å². The number of nitrogens with one attached hydrogen (secondary N) is 1. The zero-order valence-corrected chi connectivity index (χ0v) is 17.6. The molecule has 2 aromatic rings. The van der Waals surface area contributed by atoms with Crippen molar-refractivity contribution in [2.75, 3.05) is 0 Å². The van der Waals surface area contributed by atoms with Gasteiger partial charge in [0.1, 0.15) is 18.4 Å². The molecule has 1 atom stereocenters. The molecule has 3 amide bonds. The second kappa shape index (κ2) is 7.30. The van der Waals surface area contributed by atoms with Crippen molar-refractivity contribution in [1.29, 1.82) is 0 Å². The van der Waals surface area contributed by atoms with Crippen molar-refractivity contribution >= 4 is 29.1 Å². The van der Waals surface area contributed by atoms with Gasteiger partial charge in [-0.15, -0.1) is 11.3 Å². The lowest BCUT2D eigenvalue weighted by Crippen LogP contribution is -2.52. The van der Waals surface area contributed by atoms with Crippen LogP contribution >= 0.6 is 11.3 Å². The molecule has 6 nitrogen and oxygen atoms in total. The lowest BCUT2D eigenvalue weighted by atomic mass is 9.87. The molecule has 1 aromatic heterocycles. The van der Waals surface area contributed by atoms with Gasteiger partial charge >= 0.3 is 0 Å². The highest BCUT2D eigenvalue weighted by atomic mass is 32.1. The summed E-state index contributed by atoms with van der Waals surface area (Å²) in [6.45, 7) is 7.32. The van der Waals surface area contributed by atoms with Crippen LogP contribution in [-0.2, 0) is 28.2 Å². The molecule has 0 saturated carbocycles. The second-order valence-electron chi connectivity index (χ2n) is 8.53. The van der Waals surface area contributed by atoms with Gasteiger partial charge in [0.05, 0.1) is 4.88 Å². The Balaban J connectivity index is 1.39. The largest absolute Gasteiger partial charge is 0.488 e. The van der Waals surface area contributed by atoms with E-state index in [2.05, 4.69) is 38.2 Å². The number of thiophene rings is 1. The van der Waals surface area contributed by atoms with Crippen LogP contribution in [0, 0.1) is 0 Å². The highest BCUT2D eigenvalue weighted by molar-refractivity contribution is 7.14. The monoisotopic (exact) mass is 412 g/mol. The van der Waals surface area contributed by atoms with Crippen LogP contribution in [0.25, 0.3) is 0 Å². The van der Waals surface area contributed by atoms with Crippen LogP contribution in [0.5, 0.6) is 5.75 Å². The predicted molar refractivity (Wildman–Crippen MR) is 110 cm³/mol. The van der Waals surface area contributed by atoms with E-state index in [1.165, 1.54) is 16.9 Å². The van der Waals surface area contributed by atoms with Crippen LogP contribution in [0.1, 0.15) is 59.3 Å². The van der Waals surface area contributed by atoms with Crippen LogP contribution in [0.4, 0.5) is 0 Å². The molecule has 2 aliphatic heterocycles. The van der Waals surface area contributed by atoms with Crippen molar-refractivity contribution in [3.8, 4) is 5.75 Å². The molecule has 0 radical (unpaired) electrons. The highest BCUT2D eigenvalue weighted by Gasteiger charge is 2.40. The summed E-state index contributed by atoms with van der Waals surface area (Å²) < 4.78 is 5.89. The number of benzene rings is 1. The molecule has 2 aliphatic rings. The molecule has 4 rings (SSSR count). The Labute approximate surface area is 173 Å². The van der Waals surface area contributed by atoms with E-state index in [0.29, 0.717) is 24.4 Å². The fourth-order valence-electron chi connectivity index (χ4n) is 3.68. The summed E-state index contributed by atoms with van der Waals surface area (Å²) in [6, 6.07) is 9.50. The van der Waals surface area contributed by atoms with Gasteiger partial charge in [-0.3, -0.25) is 19.7 Å². The van der Waals surface area contributed by atoms with Crippen LogP contribution in [0.3, 0.4) is 0 Å². The van der Waals surface area contributed by atoms with E-state index >= 15 is 0 Å². The molecule has 29 heavy (non-hydrogen) atoms. The maximum atomic E-state index is 12.8. The Hall–Kier alpha value is -2.67. The van der Waals surface area contributed by atoms with Crippen molar-refractivity contribution in [2.24, 2.45) is 0 Å². The molecule has 0 aliphatic carbocycles. The molecule has 1 saturated heterocycles. The Bertz CT molecular complexity index is 972. The Morgan fingerprint density at radius 1 is 1.17 bits per heavy atom.